The SMILES string of the molecule is CC.CC1(C)OC2COC(n3cnc4c3NC=NC4[NH][Tl])CC2O1.CO. The molecule has 4 heterocycles. The number of aliphatic imine (C=N–C) groups is 1. The Morgan fingerprint density at radius 2 is 2.00 bits per heavy atom. The van der Waals surface area contributed by atoms with Crippen molar-refractivity contribution in [2.75, 3.05) is 19.0 Å². The molecule has 10 heteroatoms. The average Bonchev–Trinajstić information content (AvgIpc) is 3.23. The molecular weight excluding hydrogens is 531 g/mol. The molecule has 0 spiro atoms. The molecular formula is C16H28N5O4Tl. The van der Waals surface area contributed by atoms with Gasteiger partial charge < -0.3 is 5.11 Å². The van der Waals surface area contributed by atoms with Gasteiger partial charge in [0, 0.05) is 7.11 Å². The van der Waals surface area contributed by atoms with Crippen molar-refractivity contribution in [2.45, 2.75) is 64.5 Å². The van der Waals surface area contributed by atoms with E-state index < -0.39 is 5.79 Å². The third-order valence-corrected chi connectivity index (χ3v) is 5.37. The number of hydrogen-bond donors (Lipinski definition) is 3. The summed E-state index contributed by atoms with van der Waals surface area (Å²) < 4.78 is 23.1. The quantitative estimate of drug-likeness (QED) is 0.467. The van der Waals surface area contributed by atoms with Crippen LogP contribution in [-0.4, -0.2) is 78.8 Å². The molecule has 0 aliphatic carbocycles. The minimum absolute atomic E-state index is 0.0115. The standard InChI is InChI=1S/C13H18N5O3.C2H6.CH4O.Tl/c1-13(2)20-7-3-9(19-4-8(7)21-13)18-6-17-10-11(14)15-5-16-12(10)18;2*1-2;/h5-9,11,14H,3-4H2,1-2H3,(H,15,16);1-2H3;2H,1H3;/q-1;;;+1. The van der Waals surface area contributed by atoms with Crippen LogP contribution in [0.15, 0.2) is 11.3 Å². The fourth-order valence-corrected chi connectivity index (χ4v) is 4.17. The molecule has 9 nitrogen and oxygen atoms in total. The monoisotopic (exact) mass is 559 g/mol. The molecule has 1 aromatic heterocycles. The van der Waals surface area contributed by atoms with Crippen molar-refractivity contribution in [1.29, 1.82) is 0 Å². The number of fused-ring (bicyclic) bond motifs is 2. The van der Waals surface area contributed by atoms with Crippen molar-refractivity contribution in [1.82, 2.24) is 12.7 Å². The summed E-state index contributed by atoms with van der Waals surface area (Å²) in [6.45, 7) is 8.42. The number of anilines is 1. The van der Waals surface area contributed by atoms with Crippen molar-refractivity contribution >= 4 is 38.2 Å². The molecule has 3 aliphatic rings. The largest absolute Gasteiger partial charge is 0.400 e. The fourth-order valence-electron chi connectivity index (χ4n) is 3.22. The maximum absolute atomic E-state index is 7.00. The van der Waals surface area contributed by atoms with Crippen molar-refractivity contribution < 1.29 is 19.3 Å². The number of nitrogens with one attached hydrogen (secondary N) is 2. The summed E-state index contributed by atoms with van der Waals surface area (Å²) in [5.41, 5.74) is 0.916. The van der Waals surface area contributed by atoms with Crippen LogP contribution >= 0.6 is 0 Å². The normalized spacial score (nSPS) is 30.7. The minimum Gasteiger partial charge on any atom is -0.400 e. The summed E-state index contributed by atoms with van der Waals surface area (Å²) in [7, 11) is 1.00. The topological polar surface area (TPSA) is 102 Å². The van der Waals surface area contributed by atoms with Gasteiger partial charge in [0.1, 0.15) is 0 Å². The number of ether oxygens (including phenoxy) is 3. The summed E-state index contributed by atoms with van der Waals surface area (Å²) >= 11 is 0.654. The first-order chi connectivity index (χ1) is 12.6. The van der Waals surface area contributed by atoms with Gasteiger partial charge in [-0.25, -0.2) is 0 Å². The van der Waals surface area contributed by atoms with Gasteiger partial charge in [-0.3, -0.25) is 0 Å². The number of hydrogen-bond acceptors (Lipinski definition) is 8. The van der Waals surface area contributed by atoms with Crippen LogP contribution in [0.2, 0.25) is 0 Å². The number of aromatic nitrogens is 2. The van der Waals surface area contributed by atoms with Gasteiger partial charge in [0.15, 0.2) is 0 Å². The Balaban J connectivity index is 0.000000570. The van der Waals surface area contributed by atoms with Crippen LogP contribution in [-0.2, 0) is 14.2 Å². The average molecular weight is 559 g/mol. The van der Waals surface area contributed by atoms with Crippen molar-refractivity contribution in [3.05, 3.63) is 12.0 Å². The molecule has 0 saturated carbocycles. The Labute approximate surface area is 170 Å². The molecule has 0 amide bonds. The Morgan fingerprint density at radius 3 is 2.69 bits per heavy atom. The minimum atomic E-state index is -0.532. The van der Waals surface area contributed by atoms with Gasteiger partial charge in [0.05, 0.1) is 0 Å². The molecule has 4 rings (SSSR count). The smallest absolute Gasteiger partial charge is 0.0319 e. The Morgan fingerprint density at radius 1 is 1.31 bits per heavy atom. The Hall–Kier alpha value is -0.598. The molecule has 2 saturated heterocycles. The molecule has 3 aliphatic heterocycles. The Bertz CT molecular complexity index is 609. The van der Waals surface area contributed by atoms with Crippen molar-refractivity contribution in [2.24, 2.45) is 4.99 Å². The van der Waals surface area contributed by atoms with Gasteiger partial charge >= 0.3 is 145 Å². The van der Waals surface area contributed by atoms with Crippen LogP contribution in [0.4, 0.5) is 5.82 Å². The zero-order chi connectivity index (χ0) is 19.3. The zero-order valence-corrected chi connectivity index (χ0v) is 20.5. The van der Waals surface area contributed by atoms with E-state index in [1.54, 1.807) is 6.34 Å². The third-order valence-electron chi connectivity index (χ3n) is 4.15. The molecule has 26 heavy (non-hydrogen) atoms. The molecule has 4 atom stereocenters. The molecule has 0 radical (unpaired) electrons. The second-order valence-electron chi connectivity index (χ2n) is 6.11. The van der Waals surface area contributed by atoms with Crippen LogP contribution in [0.3, 0.4) is 0 Å². The van der Waals surface area contributed by atoms with Crippen LogP contribution < -0.4 is 8.44 Å². The summed E-state index contributed by atoms with van der Waals surface area (Å²) in [6.07, 6.45) is 4.18. The first-order valence-electron chi connectivity index (χ1n) is 8.80. The van der Waals surface area contributed by atoms with E-state index >= 15 is 0 Å². The van der Waals surface area contributed by atoms with E-state index in [1.165, 1.54) is 0 Å². The second kappa shape index (κ2) is 9.55. The maximum atomic E-state index is 7.00. The fraction of sp³-hybridized carbons (Fsp3) is 0.750. The van der Waals surface area contributed by atoms with E-state index in [2.05, 4.69) is 18.4 Å². The zero-order valence-electron chi connectivity index (χ0n) is 16.0. The van der Waals surface area contributed by atoms with E-state index in [-0.39, 0.29) is 24.6 Å². The third kappa shape index (κ3) is 4.44. The van der Waals surface area contributed by atoms with Crippen LogP contribution in [0, 0.1) is 0 Å². The summed E-state index contributed by atoms with van der Waals surface area (Å²) in [6, 6.07) is 0. The molecule has 4 unspecified atom stereocenters. The van der Waals surface area contributed by atoms with E-state index in [0.717, 1.165) is 25.0 Å². The van der Waals surface area contributed by atoms with E-state index in [9.17, 15) is 0 Å². The van der Waals surface area contributed by atoms with Gasteiger partial charge in [-0.15, -0.1) is 0 Å². The van der Waals surface area contributed by atoms with Crippen molar-refractivity contribution in [3.8, 4) is 0 Å². The van der Waals surface area contributed by atoms with Crippen LogP contribution in [0.1, 0.15) is 52.2 Å². The summed E-state index contributed by atoms with van der Waals surface area (Å²) in [5, 5.41) is 10.2. The van der Waals surface area contributed by atoms with E-state index in [4.69, 9.17) is 19.3 Å². The van der Waals surface area contributed by atoms with Gasteiger partial charge in [0.25, 0.3) is 0 Å². The molecule has 0 bridgehead atoms. The molecule has 1 aromatic rings. The van der Waals surface area contributed by atoms with Gasteiger partial charge in [0.2, 0.25) is 0 Å². The molecule has 3 N–H and O–H groups in total. The van der Waals surface area contributed by atoms with E-state index in [0.29, 0.717) is 32.7 Å². The number of nitrogens with zero attached hydrogens (tertiary/aromatic N) is 3. The van der Waals surface area contributed by atoms with Crippen molar-refractivity contribution in [3.63, 3.8) is 0 Å². The Kier molecular flexibility index (Phi) is 7.97. The number of aliphatic hydroxyl groups excluding tert-OH is 1. The van der Waals surface area contributed by atoms with Crippen LogP contribution in [0.5, 0.6) is 0 Å². The summed E-state index contributed by atoms with van der Waals surface area (Å²) in [5.74, 6) is 0.408. The first-order valence-corrected chi connectivity index (χ1v) is 11.0. The summed E-state index contributed by atoms with van der Waals surface area (Å²) in [4.78, 5) is 8.85. The predicted molar refractivity (Wildman–Crippen MR) is 98.9 cm³/mol. The number of imidazole rings is 1. The molecule has 144 valence electrons. The second-order valence-corrected chi connectivity index (χ2v) is 7.41. The predicted octanol–water partition coefficient (Wildman–Crippen LogP) is 1.08. The van der Waals surface area contributed by atoms with Gasteiger partial charge in [-0.1, -0.05) is 13.8 Å². The first kappa shape index (κ1) is 21.7. The number of aliphatic hydroxyl groups is 1. The van der Waals surface area contributed by atoms with Gasteiger partial charge in [-0.2, -0.15) is 0 Å². The maximum Gasteiger partial charge on any atom is 0.0319 e. The van der Waals surface area contributed by atoms with E-state index in [1.807, 2.05) is 38.6 Å². The van der Waals surface area contributed by atoms with Gasteiger partial charge in [-0.05, 0) is 0 Å². The molecule has 0 aromatic carbocycles. The van der Waals surface area contributed by atoms with Crippen LogP contribution in [0.25, 0.3) is 0 Å². The number of rotatable bonds is 2. The molecule has 2 fully saturated rings.